The van der Waals surface area contributed by atoms with Crippen molar-refractivity contribution in [3.8, 4) is 0 Å². The zero-order valence-electron chi connectivity index (χ0n) is 8.64. The number of thiocarbonyl (C=S) groups is 1. The maximum atomic E-state index is 5.30. The molecule has 1 rings (SSSR count). The monoisotopic (exact) mass is 196 g/mol. The Morgan fingerprint density at radius 2 is 2.00 bits per heavy atom. The Kier molecular flexibility index (Phi) is 5.29. The average molecular weight is 196 g/mol. The second-order valence-electron chi connectivity index (χ2n) is 3.93. The second-order valence-corrected chi connectivity index (χ2v) is 4.46. The van der Waals surface area contributed by atoms with Crippen molar-refractivity contribution in [2.24, 2.45) is 0 Å². The van der Waals surface area contributed by atoms with Gasteiger partial charge in [0.2, 0.25) is 0 Å². The van der Waals surface area contributed by atoms with Crippen molar-refractivity contribution in [3.05, 3.63) is 11.6 Å². The van der Waals surface area contributed by atoms with Crippen LogP contribution in [0, 0.1) is 0 Å². The average Bonchev–Trinajstić information content (AvgIpc) is 2.09. The molecule has 0 radical (unpaired) electrons. The van der Waals surface area contributed by atoms with Crippen molar-refractivity contribution in [2.45, 2.75) is 58.3 Å². The van der Waals surface area contributed by atoms with Gasteiger partial charge >= 0.3 is 0 Å². The fourth-order valence-corrected chi connectivity index (χ4v) is 2.11. The van der Waals surface area contributed by atoms with Crippen LogP contribution in [0.3, 0.4) is 0 Å². The molecular formula is C12H20S. The molecule has 0 bridgehead atoms. The Labute approximate surface area is 87.4 Å². The maximum Gasteiger partial charge on any atom is 0.0151 e. The quantitative estimate of drug-likeness (QED) is 0.601. The zero-order valence-corrected chi connectivity index (χ0v) is 9.46. The van der Waals surface area contributed by atoms with Gasteiger partial charge in [0.05, 0.1) is 0 Å². The Morgan fingerprint density at radius 3 is 2.77 bits per heavy atom. The first kappa shape index (κ1) is 10.9. The summed E-state index contributed by atoms with van der Waals surface area (Å²) in [5.74, 6) is 0. The topological polar surface area (TPSA) is 0 Å². The zero-order chi connectivity index (χ0) is 9.52. The van der Waals surface area contributed by atoms with E-state index >= 15 is 0 Å². The molecule has 0 amide bonds. The van der Waals surface area contributed by atoms with Gasteiger partial charge in [0.15, 0.2) is 0 Å². The van der Waals surface area contributed by atoms with Crippen LogP contribution in [0.15, 0.2) is 11.6 Å². The molecule has 0 atom stereocenters. The highest BCUT2D eigenvalue weighted by atomic mass is 32.1. The maximum absolute atomic E-state index is 5.30. The summed E-state index contributed by atoms with van der Waals surface area (Å²) in [4.78, 5) is 1.19. The van der Waals surface area contributed by atoms with Crippen LogP contribution in [0.25, 0.3) is 0 Å². The lowest BCUT2D eigenvalue weighted by Crippen LogP contribution is -1.98. The molecule has 0 N–H and O–H groups in total. The molecule has 74 valence electrons. The third-order valence-corrected chi connectivity index (χ3v) is 2.96. The van der Waals surface area contributed by atoms with Gasteiger partial charge in [-0.1, -0.05) is 37.6 Å². The summed E-state index contributed by atoms with van der Waals surface area (Å²) in [7, 11) is 0. The molecule has 0 spiro atoms. The minimum atomic E-state index is 1.14. The van der Waals surface area contributed by atoms with Gasteiger partial charge in [0, 0.05) is 4.86 Å². The molecule has 0 saturated carbocycles. The Balaban J connectivity index is 2.46. The summed E-state index contributed by atoms with van der Waals surface area (Å²) in [5, 5.41) is 0. The molecule has 13 heavy (non-hydrogen) atoms. The number of unbranched alkanes of at least 4 members (excludes halogenated alkanes) is 1. The predicted octanol–water partition coefficient (Wildman–Crippen LogP) is 4.44. The lowest BCUT2D eigenvalue weighted by molar-refractivity contribution is 0.660. The lowest BCUT2D eigenvalue weighted by atomic mass is 9.96. The van der Waals surface area contributed by atoms with E-state index in [1.54, 1.807) is 5.57 Å². The lowest BCUT2D eigenvalue weighted by Gasteiger charge is -2.11. The van der Waals surface area contributed by atoms with E-state index in [0.717, 1.165) is 6.42 Å². The highest BCUT2D eigenvalue weighted by Gasteiger charge is 2.04. The summed E-state index contributed by atoms with van der Waals surface area (Å²) < 4.78 is 0. The molecule has 0 aromatic heterocycles. The fourth-order valence-electron chi connectivity index (χ4n) is 1.80. The smallest absolute Gasteiger partial charge is 0.0151 e. The first-order valence-corrected chi connectivity index (χ1v) is 5.96. The minimum Gasteiger partial charge on any atom is -0.0849 e. The molecule has 0 aromatic rings. The Morgan fingerprint density at radius 1 is 1.23 bits per heavy atom. The van der Waals surface area contributed by atoms with Gasteiger partial charge in [-0.2, -0.15) is 0 Å². The van der Waals surface area contributed by atoms with E-state index in [0.29, 0.717) is 0 Å². The van der Waals surface area contributed by atoms with Crippen molar-refractivity contribution >= 4 is 17.1 Å². The number of hydrogen-bond acceptors (Lipinski definition) is 1. The number of allylic oxidation sites excluding steroid dienone is 2. The molecule has 1 aliphatic carbocycles. The van der Waals surface area contributed by atoms with Crippen molar-refractivity contribution in [3.63, 3.8) is 0 Å². The van der Waals surface area contributed by atoms with Crippen molar-refractivity contribution in [2.75, 3.05) is 0 Å². The second kappa shape index (κ2) is 6.31. The van der Waals surface area contributed by atoms with Crippen LogP contribution in [0.2, 0.25) is 0 Å². The van der Waals surface area contributed by atoms with Crippen LogP contribution >= 0.6 is 12.2 Å². The highest BCUT2D eigenvalue weighted by molar-refractivity contribution is 7.80. The molecule has 1 aliphatic rings. The van der Waals surface area contributed by atoms with Gasteiger partial charge in [-0.3, -0.25) is 0 Å². The van der Waals surface area contributed by atoms with Gasteiger partial charge in [0.1, 0.15) is 0 Å². The van der Waals surface area contributed by atoms with E-state index in [4.69, 9.17) is 12.2 Å². The third kappa shape index (κ3) is 4.56. The van der Waals surface area contributed by atoms with Crippen molar-refractivity contribution < 1.29 is 0 Å². The van der Waals surface area contributed by atoms with E-state index in [1.807, 2.05) is 0 Å². The van der Waals surface area contributed by atoms with Crippen molar-refractivity contribution in [1.29, 1.82) is 0 Å². The van der Waals surface area contributed by atoms with Gasteiger partial charge in [-0.15, -0.1) is 0 Å². The molecule has 0 heterocycles. The molecule has 0 fully saturated rings. The van der Waals surface area contributed by atoms with E-state index in [1.165, 1.54) is 49.8 Å². The summed E-state index contributed by atoms with van der Waals surface area (Å²) in [5.41, 5.74) is 1.60. The molecule has 1 heteroatoms. The summed E-state index contributed by atoms with van der Waals surface area (Å²) in [6.07, 6.45) is 12.7. The number of hydrogen-bond donors (Lipinski definition) is 0. The summed E-state index contributed by atoms with van der Waals surface area (Å²) in [6.45, 7) is 2.25. The normalized spacial score (nSPS) is 23.2. The van der Waals surface area contributed by atoms with Gasteiger partial charge in [0.25, 0.3) is 0 Å². The number of rotatable bonds is 3. The van der Waals surface area contributed by atoms with Crippen molar-refractivity contribution in [1.82, 2.24) is 0 Å². The summed E-state index contributed by atoms with van der Waals surface area (Å²) in [6, 6.07) is 0. The van der Waals surface area contributed by atoms with Gasteiger partial charge < -0.3 is 0 Å². The molecular weight excluding hydrogens is 176 g/mol. The predicted molar refractivity (Wildman–Crippen MR) is 63.3 cm³/mol. The molecule has 0 saturated heterocycles. The van der Waals surface area contributed by atoms with Crippen LogP contribution in [0.1, 0.15) is 58.3 Å². The van der Waals surface area contributed by atoms with Crippen LogP contribution < -0.4 is 0 Å². The molecule has 0 aromatic carbocycles. The highest BCUT2D eigenvalue weighted by Crippen LogP contribution is 2.20. The first-order chi connectivity index (χ1) is 6.33. The minimum absolute atomic E-state index is 1.14. The van der Waals surface area contributed by atoms with E-state index in [2.05, 4.69) is 13.0 Å². The first-order valence-electron chi connectivity index (χ1n) is 5.55. The largest absolute Gasteiger partial charge is 0.0849 e. The molecule has 0 nitrogen and oxygen atoms in total. The van der Waals surface area contributed by atoms with E-state index in [9.17, 15) is 0 Å². The van der Waals surface area contributed by atoms with Crippen LogP contribution in [-0.4, -0.2) is 4.86 Å². The van der Waals surface area contributed by atoms with E-state index < -0.39 is 0 Å². The van der Waals surface area contributed by atoms with E-state index in [-0.39, 0.29) is 0 Å². The van der Waals surface area contributed by atoms with Crippen LogP contribution in [0.5, 0.6) is 0 Å². The van der Waals surface area contributed by atoms with Gasteiger partial charge in [-0.25, -0.2) is 0 Å². The summed E-state index contributed by atoms with van der Waals surface area (Å²) >= 11 is 5.30. The Bertz CT molecular complexity index is 191. The molecule has 0 aliphatic heterocycles. The fraction of sp³-hybridized carbons (Fsp3) is 0.750. The van der Waals surface area contributed by atoms with Crippen LogP contribution in [-0.2, 0) is 0 Å². The third-order valence-electron chi connectivity index (χ3n) is 2.64. The van der Waals surface area contributed by atoms with Gasteiger partial charge in [-0.05, 0) is 44.6 Å². The SMILES string of the molecule is CCCC/C1=C/C(=S)CCCCC1. The standard InChI is InChI=1S/C12H20S/c1-2-3-7-11-8-5-4-6-9-12(13)10-11/h10H,2-9H2,1H3/b11-10-. The van der Waals surface area contributed by atoms with Crippen LogP contribution in [0.4, 0.5) is 0 Å². The Hall–Kier alpha value is -0.170. The molecule has 0 unspecified atom stereocenters.